The van der Waals surface area contributed by atoms with E-state index in [2.05, 4.69) is 35.2 Å². The second kappa shape index (κ2) is 7.28. The molecular weight excluding hydrogens is 258 g/mol. The third-order valence-electron chi connectivity index (χ3n) is 4.19. The van der Waals surface area contributed by atoms with Crippen molar-refractivity contribution >= 4 is 0 Å². The average molecular weight is 281 g/mol. The summed E-state index contributed by atoms with van der Waals surface area (Å²) < 4.78 is 5.88. The molecular formula is C19H23NO. The van der Waals surface area contributed by atoms with Crippen LogP contribution in [0, 0.1) is 5.92 Å². The highest BCUT2D eigenvalue weighted by atomic mass is 16.5. The van der Waals surface area contributed by atoms with Gasteiger partial charge < -0.3 is 4.74 Å². The van der Waals surface area contributed by atoms with Crippen LogP contribution in [0.15, 0.2) is 60.7 Å². The zero-order valence-electron chi connectivity index (χ0n) is 12.4. The second-order valence-electron chi connectivity index (χ2n) is 5.83. The first-order valence-corrected chi connectivity index (χ1v) is 7.84. The first-order chi connectivity index (χ1) is 10.4. The number of para-hydroxylation sites is 1. The third kappa shape index (κ3) is 4.33. The lowest BCUT2D eigenvalue weighted by molar-refractivity contribution is 0.137. The highest BCUT2D eigenvalue weighted by Crippen LogP contribution is 2.20. The van der Waals surface area contributed by atoms with Gasteiger partial charge in [-0.15, -0.1) is 0 Å². The minimum Gasteiger partial charge on any atom is -0.493 e. The number of benzene rings is 2. The Morgan fingerprint density at radius 3 is 2.14 bits per heavy atom. The summed E-state index contributed by atoms with van der Waals surface area (Å²) in [6, 6.07) is 20.9. The van der Waals surface area contributed by atoms with E-state index in [9.17, 15) is 0 Å². The molecule has 3 rings (SSSR count). The summed E-state index contributed by atoms with van der Waals surface area (Å²) in [5.74, 6) is 1.68. The van der Waals surface area contributed by atoms with Gasteiger partial charge in [-0.1, -0.05) is 48.5 Å². The molecule has 2 heteroatoms. The average Bonchev–Trinajstić information content (AvgIpc) is 2.56. The molecule has 0 aromatic heterocycles. The Morgan fingerprint density at radius 1 is 0.857 bits per heavy atom. The van der Waals surface area contributed by atoms with Gasteiger partial charge in [0, 0.05) is 6.54 Å². The van der Waals surface area contributed by atoms with Gasteiger partial charge in [-0.05, 0) is 49.5 Å². The Morgan fingerprint density at radius 2 is 1.48 bits per heavy atom. The molecule has 0 N–H and O–H groups in total. The van der Waals surface area contributed by atoms with E-state index >= 15 is 0 Å². The third-order valence-corrected chi connectivity index (χ3v) is 4.19. The summed E-state index contributed by atoms with van der Waals surface area (Å²) in [4.78, 5) is 2.55. The smallest absolute Gasteiger partial charge is 0.119 e. The number of likely N-dealkylation sites (tertiary alicyclic amines) is 1. The maximum atomic E-state index is 5.88. The molecule has 2 nitrogen and oxygen atoms in total. The minimum atomic E-state index is 0.692. The minimum absolute atomic E-state index is 0.692. The second-order valence-corrected chi connectivity index (χ2v) is 5.83. The van der Waals surface area contributed by atoms with Crippen molar-refractivity contribution in [2.45, 2.75) is 19.4 Å². The Hall–Kier alpha value is -1.80. The Labute approximate surface area is 127 Å². The number of nitrogens with zero attached hydrogens (tertiary/aromatic N) is 1. The maximum Gasteiger partial charge on any atom is 0.119 e. The summed E-state index contributed by atoms with van der Waals surface area (Å²) in [5, 5.41) is 0. The van der Waals surface area contributed by atoms with E-state index in [1.165, 1.54) is 31.5 Å². The summed E-state index contributed by atoms with van der Waals surface area (Å²) in [6.07, 6.45) is 2.47. The van der Waals surface area contributed by atoms with Crippen LogP contribution in [0.3, 0.4) is 0 Å². The normalized spacial score (nSPS) is 16.8. The topological polar surface area (TPSA) is 12.5 Å². The van der Waals surface area contributed by atoms with Crippen LogP contribution in [-0.2, 0) is 6.54 Å². The number of hydrogen-bond donors (Lipinski definition) is 0. The van der Waals surface area contributed by atoms with Crippen molar-refractivity contribution in [1.29, 1.82) is 0 Å². The van der Waals surface area contributed by atoms with Gasteiger partial charge in [-0.3, -0.25) is 4.90 Å². The van der Waals surface area contributed by atoms with Crippen LogP contribution in [0.5, 0.6) is 5.75 Å². The van der Waals surface area contributed by atoms with E-state index in [1.807, 2.05) is 30.3 Å². The van der Waals surface area contributed by atoms with Crippen molar-refractivity contribution in [3.05, 3.63) is 66.2 Å². The van der Waals surface area contributed by atoms with Crippen molar-refractivity contribution in [2.75, 3.05) is 19.7 Å². The standard InChI is InChI=1S/C19H23NO/c1-3-7-17(8-4-1)15-20-13-11-18(12-14-20)16-21-19-9-5-2-6-10-19/h1-10,18H,11-16H2. The molecule has 0 amide bonds. The summed E-state index contributed by atoms with van der Waals surface area (Å²) in [7, 11) is 0. The Balaban J connectivity index is 1.41. The molecule has 21 heavy (non-hydrogen) atoms. The maximum absolute atomic E-state index is 5.88. The van der Waals surface area contributed by atoms with E-state index in [-0.39, 0.29) is 0 Å². The van der Waals surface area contributed by atoms with Crippen molar-refractivity contribution in [3.63, 3.8) is 0 Å². The molecule has 0 aliphatic carbocycles. The number of ether oxygens (including phenoxy) is 1. The molecule has 0 bridgehead atoms. The SMILES string of the molecule is c1ccc(CN2CCC(COc3ccccc3)CC2)cc1. The number of hydrogen-bond acceptors (Lipinski definition) is 2. The molecule has 1 aliphatic rings. The summed E-state index contributed by atoms with van der Waals surface area (Å²) in [6.45, 7) is 4.28. The van der Waals surface area contributed by atoms with Gasteiger partial charge in [0.2, 0.25) is 0 Å². The van der Waals surface area contributed by atoms with Gasteiger partial charge >= 0.3 is 0 Å². The lowest BCUT2D eigenvalue weighted by atomic mass is 9.97. The molecule has 2 aromatic carbocycles. The summed E-state index contributed by atoms with van der Waals surface area (Å²) in [5.41, 5.74) is 1.41. The van der Waals surface area contributed by atoms with Crippen molar-refractivity contribution in [3.8, 4) is 5.75 Å². The van der Waals surface area contributed by atoms with Crippen LogP contribution in [0.25, 0.3) is 0 Å². The molecule has 1 fully saturated rings. The fourth-order valence-electron chi connectivity index (χ4n) is 2.88. The fraction of sp³-hybridized carbons (Fsp3) is 0.368. The van der Waals surface area contributed by atoms with E-state index in [4.69, 9.17) is 4.74 Å². The van der Waals surface area contributed by atoms with Crippen LogP contribution in [0.2, 0.25) is 0 Å². The zero-order valence-corrected chi connectivity index (χ0v) is 12.4. The summed E-state index contributed by atoms with van der Waals surface area (Å²) >= 11 is 0. The molecule has 1 heterocycles. The quantitative estimate of drug-likeness (QED) is 0.822. The van der Waals surface area contributed by atoms with Gasteiger partial charge in [0.25, 0.3) is 0 Å². The van der Waals surface area contributed by atoms with Gasteiger partial charge in [-0.2, -0.15) is 0 Å². The van der Waals surface area contributed by atoms with Gasteiger partial charge in [0.05, 0.1) is 6.61 Å². The lowest BCUT2D eigenvalue weighted by Crippen LogP contribution is -2.35. The molecule has 1 saturated heterocycles. The predicted octanol–water partition coefficient (Wildman–Crippen LogP) is 3.98. The number of piperidine rings is 1. The molecule has 0 unspecified atom stereocenters. The van der Waals surface area contributed by atoms with E-state index in [0.29, 0.717) is 5.92 Å². The van der Waals surface area contributed by atoms with Gasteiger partial charge in [0.1, 0.15) is 5.75 Å². The molecule has 110 valence electrons. The van der Waals surface area contributed by atoms with Gasteiger partial charge in [0.15, 0.2) is 0 Å². The lowest BCUT2D eigenvalue weighted by Gasteiger charge is -2.31. The molecule has 0 atom stereocenters. The predicted molar refractivity (Wildman–Crippen MR) is 86.4 cm³/mol. The highest BCUT2D eigenvalue weighted by molar-refractivity contribution is 5.20. The monoisotopic (exact) mass is 281 g/mol. The van der Waals surface area contributed by atoms with E-state index < -0.39 is 0 Å². The van der Waals surface area contributed by atoms with E-state index in [0.717, 1.165) is 18.9 Å². The van der Waals surface area contributed by atoms with Crippen LogP contribution in [-0.4, -0.2) is 24.6 Å². The Bertz CT molecular complexity index is 518. The van der Waals surface area contributed by atoms with Crippen LogP contribution < -0.4 is 4.74 Å². The molecule has 2 aromatic rings. The fourth-order valence-corrected chi connectivity index (χ4v) is 2.88. The number of rotatable bonds is 5. The molecule has 0 spiro atoms. The van der Waals surface area contributed by atoms with Crippen molar-refractivity contribution < 1.29 is 4.74 Å². The van der Waals surface area contributed by atoms with Crippen LogP contribution in [0.4, 0.5) is 0 Å². The first-order valence-electron chi connectivity index (χ1n) is 7.84. The highest BCUT2D eigenvalue weighted by Gasteiger charge is 2.19. The molecule has 0 saturated carbocycles. The largest absolute Gasteiger partial charge is 0.493 e. The van der Waals surface area contributed by atoms with Gasteiger partial charge in [-0.25, -0.2) is 0 Å². The Kier molecular flexibility index (Phi) is 4.90. The zero-order chi connectivity index (χ0) is 14.3. The van der Waals surface area contributed by atoms with Crippen LogP contribution in [0.1, 0.15) is 18.4 Å². The van der Waals surface area contributed by atoms with Crippen molar-refractivity contribution in [2.24, 2.45) is 5.92 Å². The molecule has 1 aliphatic heterocycles. The first kappa shape index (κ1) is 14.2. The molecule has 0 radical (unpaired) electrons. The van der Waals surface area contributed by atoms with Crippen LogP contribution >= 0.6 is 0 Å². The van der Waals surface area contributed by atoms with E-state index in [1.54, 1.807) is 0 Å². The van der Waals surface area contributed by atoms with Crippen molar-refractivity contribution in [1.82, 2.24) is 4.90 Å².